The van der Waals surface area contributed by atoms with Crippen LogP contribution in [0.1, 0.15) is 46.6 Å². The molecule has 0 aliphatic heterocycles. The molecule has 0 unspecified atom stereocenters. The summed E-state index contributed by atoms with van der Waals surface area (Å²) in [6.07, 6.45) is 3.00. The van der Waals surface area contributed by atoms with Crippen molar-refractivity contribution in [2.24, 2.45) is 11.8 Å². The van der Waals surface area contributed by atoms with E-state index in [1.54, 1.807) is 0 Å². The molecule has 1 aromatic rings. The van der Waals surface area contributed by atoms with Crippen molar-refractivity contribution < 1.29 is 9.53 Å². The summed E-state index contributed by atoms with van der Waals surface area (Å²) in [4.78, 5) is 0. The first kappa shape index (κ1) is 19.4. The van der Waals surface area contributed by atoms with Crippen LogP contribution in [0.25, 0.3) is 5.57 Å². The summed E-state index contributed by atoms with van der Waals surface area (Å²) in [7, 11) is -1.66. The number of hydrogen-bond acceptors (Lipinski definition) is 2. The van der Waals surface area contributed by atoms with E-state index in [9.17, 15) is 5.11 Å². The Bertz CT molecular complexity index is 528. The third-order valence-corrected chi connectivity index (χ3v) is 10.8. The summed E-state index contributed by atoms with van der Waals surface area (Å²) in [6.45, 7) is 11.1. The Balaban J connectivity index is 2.28. The molecule has 0 heterocycles. The maximum absolute atomic E-state index is 10.9. The highest BCUT2D eigenvalue weighted by Crippen LogP contribution is 2.37. The van der Waals surface area contributed by atoms with Gasteiger partial charge in [0.2, 0.25) is 0 Å². The van der Waals surface area contributed by atoms with Gasteiger partial charge in [-0.1, -0.05) is 71.0 Å². The topological polar surface area (TPSA) is 29.5 Å². The lowest BCUT2D eigenvalue weighted by molar-refractivity contribution is 0.0181. The zero-order valence-corrected chi connectivity index (χ0v) is 17.0. The van der Waals surface area contributed by atoms with Gasteiger partial charge in [-0.05, 0) is 35.7 Å². The van der Waals surface area contributed by atoms with E-state index in [1.165, 1.54) is 11.1 Å². The molecule has 1 N–H and O–H groups in total. The van der Waals surface area contributed by atoms with Gasteiger partial charge in [-0.25, -0.2) is 0 Å². The predicted octanol–water partition coefficient (Wildman–Crippen LogP) is 5.50. The van der Waals surface area contributed by atoms with Gasteiger partial charge >= 0.3 is 0 Å². The molecular formula is C21H34O2Si. The average molecular weight is 347 g/mol. The average Bonchev–Trinajstić information content (AvgIpc) is 2.73. The molecule has 0 bridgehead atoms. The molecule has 1 aromatic carbocycles. The monoisotopic (exact) mass is 346 g/mol. The van der Waals surface area contributed by atoms with Crippen LogP contribution >= 0.6 is 0 Å². The summed E-state index contributed by atoms with van der Waals surface area (Å²) >= 11 is 0. The Morgan fingerprint density at radius 1 is 1.04 bits per heavy atom. The first-order chi connectivity index (χ1) is 11.5. The van der Waals surface area contributed by atoms with Gasteiger partial charge < -0.3 is 9.53 Å². The van der Waals surface area contributed by atoms with Crippen LogP contribution in [0.3, 0.4) is 0 Å². The van der Waals surface area contributed by atoms with Gasteiger partial charge in [0.1, 0.15) is 0 Å². The van der Waals surface area contributed by atoms with Gasteiger partial charge in [-0.15, -0.1) is 0 Å². The second-order valence-electron chi connectivity index (χ2n) is 7.30. The molecule has 0 fully saturated rings. The molecular weight excluding hydrogens is 312 g/mol. The van der Waals surface area contributed by atoms with E-state index in [2.05, 4.69) is 65.0 Å². The van der Waals surface area contributed by atoms with Gasteiger partial charge in [0.05, 0.1) is 12.2 Å². The minimum atomic E-state index is -1.66. The fourth-order valence-electron chi connectivity index (χ4n) is 3.99. The van der Waals surface area contributed by atoms with E-state index in [0.717, 1.165) is 24.6 Å². The summed E-state index contributed by atoms with van der Waals surface area (Å²) in [5, 5.41) is 10.9. The fourth-order valence-corrected chi connectivity index (χ4v) is 6.94. The summed E-state index contributed by atoms with van der Waals surface area (Å²) in [6, 6.07) is 13.9. The maximum atomic E-state index is 10.9. The first-order valence-corrected chi connectivity index (χ1v) is 12.1. The van der Waals surface area contributed by atoms with E-state index in [-0.39, 0.29) is 24.0 Å². The summed E-state index contributed by atoms with van der Waals surface area (Å²) < 4.78 is 6.76. The molecule has 134 valence electrons. The molecule has 0 spiro atoms. The van der Waals surface area contributed by atoms with E-state index in [1.807, 2.05) is 6.07 Å². The molecule has 24 heavy (non-hydrogen) atoms. The molecule has 1 aliphatic carbocycles. The van der Waals surface area contributed by atoms with Crippen molar-refractivity contribution in [1.29, 1.82) is 0 Å². The summed E-state index contributed by atoms with van der Waals surface area (Å²) in [5.74, 6) is 0.297. The Labute approximate surface area is 149 Å². The van der Waals surface area contributed by atoms with Crippen LogP contribution in [0.15, 0.2) is 36.4 Å². The van der Waals surface area contributed by atoms with Crippen molar-refractivity contribution in [2.45, 2.75) is 71.4 Å². The van der Waals surface area contributed by atoms with Crippen molar-refractivity contribution in [3.63, 3.8) is 0 Å². The smallest absolute Gasteiger partial charge is 0.192 e. The summed E-state index contributed by atoms with van der Waals surface area (Å²) in [5.41, 5.74) is 2.49. The Kier molecular flexibility index (Phi) is 6.85. The van der Waals surface area contributed by atoms with Crippen molar-refractivity contribution in [3.05, 3.63) is 42.0 Å². The third kappa shape index (κ3) is 4.01. The molecule has 1 aliphatic rings. The lowest BCUT2D eigenvalue weighted by Gasteiger charge is -2.37. The van der Waals surface area contributed by atoms with Crippen molar-refractivity contribution in [2.75, 3.05) is 0 Å². The molecule has 0 amide bonds. The van der Waals surface area contributed by atoms with Crippen LogP contribution in [0.5, 0.6) is 0 Å². The van der Waals surface area contributed by atoms with E-state index in [4.69, 9.17) is 4.43 Å². The molecule has 2 rings (SSSR count). The van der Waals surface area contributed by atoms with Crippen LogP contribution in [0.2, 0.25) is 18.1 Å². The second kappa shape index (κ2) is 8.46. The van der Waals surface area contributed by atoms with Gasteiger partial charge in [-0.3, -0.25) is 0 Å². The van der Waals surface area contributed by atoms with E-state index >= 15 is 0 Å². The number of hydrogen-bond donors (Lipinski definition) is 1. The number of aliphatic hydroxyl groups is 1. The predicted molar refractivity (Wildman–Crippen MR) is 105 cm³/mol. The van der Waals surface area contributed by atoms with E-state index < -0.39 is 8.32 Å². The minimum absolute atomic E-state index is 0.134. The quantitative estimate of drug-likeness (QED) is 0.689. The van der Waals surface area contributed by atoms with Gasteiger partial charge in [0, 0.05) is 11.8 Å². The molecule has 4 atom stereocenters. The molecule has 0 saturated heterocycles. The molecule has 0 saturated carbocycles. The first-order valence-electron chi connectivity index (χ1n) is 9.59. The maximum Gasteiger partial charge on any atom is 0.192 e. The molecule has 0 radical (unpaired) electrons. The zero-order valence-electron chi connectivity index (χ0n) is 16.0. The zero-order chi connectivity index (χ0) is 17.7. The van der Waals surface area contributed by atoms with Crippen LogP contribution in [-0.4, -0.2) is 25.6 Å². The molecule has 2 nitrogen and oxygen atoms in total. The highest BCUT2D eigenvalue weighted by molar-refractivity contribution is 6.73. The fraction of sp³-hybridized carbons (Fsp3) is 0.619. The lowest BCUT2D eigenvalue weighted by Crippen LogP contribution is -2.44. The van der Waals surface area contributed by atoms with Crippen LogP contribution in [0, 0.1) is 11.8 Å². The van der Waals surface area contributed by atoms with Crippen LogP contribution in [-0.2, 0) is 4.43 Å². The van der Waals surface area contributed by atoms with Crippen molar-refractivity contribution in [3.8, 4) is 0 Å². The van der Waals surface area contributed by atoms with E-state index in [0.29, 0.717) is 0 Å². The van der Waals surface area contributed by atoms with Gasteiger partial charge in [0.25, 0.3) is 0 Å². The lowest BCUT2D eigenvalue weighted by atomic mass is 9.85. The van der Waals surface area contributed by atoms with Crippen LogP contribution < -0.4 is 0 Å². The minimum Gasteiger partial charge on any atom is -0.413 e. The number of rotatable bonds is 6. The van der Waals surface area contributed by atoms with Gasteiger partial charge in [-0.2, -0.15) is 0 Å². The number of benzene rings is 1. The second-order valence-corrected chi connectivity index (χ2v) is 12.0. The molecule has 0 aromatic heterocycles. The highest BCUT2D eigenvalue weighted by Gasteiger charge is 2.38. The molecule has 3 heteroatoms. The number of aliphatic hydroxyl groups excluding tert-OH is 1. The van der Waals surface area contributed by atoms with Crippen molar-refractivity contribution in [1.82, 2.24) is 0 Å². The third-order valence-electron chi connectivity index (χ3n) is 6.14. The standard InChI is InChI=1S/C21H34O2Si/c1-6-24(7-2,8-3)23-20-15-14-19(16(4)21(22)17(20)5)18-12-10-9-11-13-18/h9-14,16-17,20-22H,6-8,15H2,1-5H3/t16-,17+,20+,21+/m0/s1. The van der Waals surface area contributed by atoms with Crippen molar-refractivity contribution >= 4 is 13.9 Å². The highest BCUT2D eigenvalue weighted by atomic mass is 28.4. The van der Waals surface area contributed by atoms with Crippen LogP contribution in [0.4, 0.5) is 0 Å². The van der Waals surface area contributed by atoms with Gasteiger partial charge in [0.15, 0.2) is 8.32 Å². The Hall–Kier alpha value is -0.903. The Morgan fingerprint density at radius 3 is 2.17 bits per heavy atom. The largest absolute Gasteiger partial charge is 0.413 e. The SMILES string of the molecule is CC[Si](CC)(CC)O[C@@H]1CC=C(c2ccccc2)[C@H](C)[C@@H](O)[C@@H]1C. The normalized spacial score (nSPS) is 28.3. The Morgan fingerprint density at radius 2 is 1.62 bits per heavy atom.